The van der Waals surface area contributed by atoms with Gasteiger partial charge in [-0.05, 0) is 57.8 Å². The van der Waals surface area contributed by atoms with E-state index in [4.69, 9.17) is 4.74 Å². The number of rotatable bonds is 8. The standard InChI is InChI=1S/C18H29N3O2.ClH/c1-2-23-14-6-9-18(22)21(15-16-7-3-4-12-20-16)17-8-5-11-19-13-10-17;/h3-4,7,12,17,19H,2,5-6,8-11,13-15H2,1H3;1H. The zero-order chi connectivity index (χ0) is 16.3. The summed E-state index contributed by atoms with van der Waals surface area (Å²) in [5.74, 6) is 0.224. The molecular formula is C18H30ClN3O2. The van der Waals surface area contributed by atoms with Gasteiger partial charge in [0, 0.05) is 31.9 Å². The lowest BCUT2D eigenvalue weighted by atomic mass is 10.1. The molecule has 1 fully saturated rings. The smallest absolute Gasteiger partial charge is 0.223 e. The van der Waals surface area contributed by atoms with E-state index in [0.29, 0.717) is 32.2 Å². The Morgan fingerprint density at radius 3 is 3.00 bits per heavy atom. The maximum atomic E-state index is 12.7. The van der Waals surface area contributed by atoms with Gasteiger partial charge in [-0.25, -0.2) is 0 Å². The summed E-state index contributed by atoms with van der Waals surface area (Å²) >= 11 is 0. The highest BCUT2D eigenvalue weighted by Crippen LogP contribution is 2.18. The van der Waals surface area contributed by atoms with Gasteiger partial charge in [-0.15, -0.1) is 12.4 Å². The van der Waals surface area contributed by atoms with Gasteiger partial charge in [0.1, 0.15) is 0 Å². The zero-order valence-electron chi connectivity index (χ0n) is 14.6. The Labute approximate surface area is 151 Å². The predicted octanol–water partition coefficient (Wildman–Crippen LogP) is 2.79. The SMILES string of the molecule is CCOCCCC(=O)N(Cc1ccccn1)C1CCCNCC1.Cl. The first-order valence-corrected chi connectivity index (χ1v) is 8.79. The highest BCUT2D eigenvalue weighted by Gasteiger charge is 2.24. The minimum atomic E-state index is 0. The number of hydrogen-bond donors (Lipinski definition) is 1. The first kappa shape index (κ1) is 20.9. The van der Waals surface area contributed by atoms with Gasteiger partial charge in [0.15, 0.2) is 0 Å². The maximum absolute atomic E-state index is 12.7. The van der Waals surface area contributed by atoms with E-state index in [0.717, 1.165) is 44.5 Å². The lowest BCUT2D eigenvalue weighted by Crippen LogP contribution is -2.40. The van der Waals surface area contributed by atoms with E-state index < -0.39 is 0 Å². The first-order chi connectivity index (χ1) is 11.3. The molecule has 5 nitrogen and oxygen atoms in total. The Bertz CT molecular complexity index is 451. The lowest BCUT2D eigenvalue weighted by Gasteiger charge is -2.31. The van der Waals surface area contributed by atoms with Gasteiger partial charge in [-0.1, -0.05) is 6.07 Å². The van der Waals surface area contributed by atoms with Crippen molar-refractivity contribution in [3.05, 3.63) is 30.1 Å². The average Bonchev–Trinajstić information content (AvgIpc) is 2.86. The monoisotopic (exact) mass is 355 g/mol. The Morgan fingerprint density at radius 1 is 1.38 bits per heavy atom. The largest absolute Gasteiger partial charge is 0.382 e. The van der Waals surface area contributed by atoms with Crippen LogP contribution in [0.5, 0.6) is 0 Å². The summed E-state index contributed by atoms with van der Waals surface area (Å²) in [7, 11) is 0. The van der Waals surface area contributed by atoms with Crippen LogP contribution in [0.1, 0.15) is 44.7 Å². The van der Waals surface area contributed by atoms with Crippen LogP contribution in [-0.2, 0) is 16.1 Å². The van der Waals surface area contributed by atoms with Crippen LogP contribution in [0.3, 0.4) is 0 Å². The van der Waals surface area contributed by atoms with Crippen molar-refractivity contribution in [3.63, 3.8) is 0 Å². The van der Waals surface area contributed by atoms with Crippen molar-refractivity contribution >= 4 is 18.3 Å². The molecule has 24 heavy (non-hydrogen) atoms. The summed E-state index contributed by atoms with van der Waals surface area (Å²) < 4.78 is 5.35. The minimum absolute atomic E-state index is 0. The number of pyridine rings is 1. The summed E-state index contributed by atoms with van der Waals surface area (Å²) in [6, 6.07) is 6.20. The molecule has 1 aromatic heterocycles. The van der Waals surface area contributed by atoms with E-state index in [9.17, 15) is 4.79 Å². The fraction of sp³-hybridized carbons (Fsp3) is 0.667. The summed E-state index contributed by atoms with van der Waals surface area (Å²) in [5.41, 5.74) is 0.961. The molecule has 1 N–H and O–H groups in total. The van der Waals surface area contributed by atoms with Crippen molar-refractivity contribution in [2.75, 3.05) is 26.3 Å². The van der Waals surface area contributed by atoms with Crippen LogP contribution in [0.2, 0.25) is 0 Å². The zero-order valence-corrected chi connectivity index (χ0v) is 15.4. The molecule has 1 amide bonds. The van der Waals surface area contributed by atoms with E-state index in [-0.39, 0.29) is 18.3 Å². The van der Waals surface area contributed by atoms with Crippen molar-refractivity contribution in [1.82, 2.24) is 15.2 Å². The molecule has 1 aliphatic rings. The van der Waals surface area contributed by atoms with Crippen LogP contribution in [0.15, 0.2) is 24.4 Å². The second kappa shape index (κ2) is 12.2. The molecule has 1 atom stereocenters. The Hall–Kier alpha value is -1.17. The fourth-order valence-corrected chi connectivity index (χ4v) is 3.01. The molecule has 1 aromatic rings. The number of ether oxygens (including phenoxy) is 1. The van der Waals surface area contributed by atoms with Gasteiger partial charge in [-0.3, -0.25) is 9.78 Å². The van der Waals surface area contributed by atoms with Crippen LogP contribution in [0.4, 0.5) is 0 Å². The molecule has 2 heterocycles. The lowest BCUT2D eigenvalue weighted by molar-refractivity contribution is -0.135. The molecule has 1 unspecified atom stereocenters. The summed E-state index contributed by atoms with van der Waals surface area (Å²) in [6.45, 7) is 5.99. The second-order valence-electron chi connectivity index (χ2n) is 5.98. The molecule has 1 saturated heterocycles. The number of carbonyl (C=O) groups is 1. The predicted molar refractivity (Wildman–Crippen MR) is 98.3 cm³/mol. The van der Waals surface area contributed by atoms with Crippen molar-refractivity contribution in [3.8, 4) is 0 Å². The second-order valence-corrected chi connectivity index (χ2v) is 5.98. The molecule has 0 saturated carbocycles. The number of nitrogens with zero attached hydrogens (tertiary/aromatic N) is 2. The molecule has 0 bridgehead atoms. The average molecular weight is 356 g/mol. The summed E-state index contributed by atoms with van der Waals surface area (Å²) in [6.07, 6.45) is 6.34. The van der Waals surface area contributed by atoms with Crippen LogP contribution < -0.4 is 5.32 Å². The number of carbonyl (C=O) groups excluding carboxylic acids is 1. The van der Waals surface area contributed by atoms with Gasteiger partial charge in [0.2, 0.25) is 5.91 Å². The third-order valence-corrected chi connectivity index (χ3v) is 4.25. The summed E-state index contributed by atoms with van der Waals surface area (Å²) in [5, 5.41) is 3.42. The molecule has 2 rings (SSSR count). The Morgan fingerprint density at radius 2 is 2.25 bits per heavy atom. The van der Waals surface area contributed by atoms with E-state index in [1.165, 1.54) is 0 Å². The van der Waals surface area contributed by atoms with Crippen LogP contribution in [-0.4, -0.2) is 48.1 Å². The van der Waals surface area contributed by atoms with Crippen LogP contribution in [0.25, 0.3) is 0 Å². The fourth-order valence-electron chi connectivity index (χ4n) is 3.01. The molecule has 0 spiro atoms. The minimum Gasteiger partial charge on any atom is -0.382 e. The van der Waals surface area contributed by atoms with Crippen LogP contribution in [0, 0.1) is 0 Å². The number of amides is 1. The molecule has 136 valence electrons. The molecule has 0 radical (unpaired) electrons. The molecule has 0 aromatic carbocycles. The van der Waals surface area contributed by atoms with Gasteiger partial charge in [0.25, 0.3) is 0 Å². The Kier molecular flexibility index (Phi) is 10.6. The van der Waals surface area contributed by atoms with Gasteiger partial charge in [0.05, 0.1) is 12.2 Å². The van der Waals surface area contributed by atoms with Crippen LogP contribution >= 0.6 is 12.4 Å². The number of halogens is 1. The molecule has 6 heteroatoms. The molecular weight excluding hydrogens is 326 g/mol. The highest BCUT2D eigenvalue weighted by molar-refractivity contribution is 5.85. The maximum Gasteiger partial charge on any atom is 0.223 e. The Balaban J connectivity index is 0.00000288. The summed E-state index contributed by atoms with van der Waals surface area (Å²) in [4.78, 5) is 19.2. The van der Waals surface area contributed by atoms with Gasteiger partial charge >= 0.3 is 0 Å². The van der Waals surface area contributed by atoms with Gasteiger partial charge in [-0.2, -0.15) is 0 Å². The van der Waals surface area contributed by atoms with Crippen molar-refractivity contribution in [2.45, 2.75) is 51.6 Å². The van der Waals surface area contributed by atoms with Gasteiger partial charge < -0.3 is 15.0 Å². The number of nitrogens with one attached hydrogen (secondary N) is 1. The first-order valence-electron chi connectivity index (χ1n) is 8.79. The number of aromatic nitrogens is 1. The topological polar surface area (TPSA) is 54.5 Å². The van der Waals surface area contributed by atoms with Crippen molar-refractivity contribution in [2.24, 2.45) is 0 Å². The third-order valence-electron chi connectivity index (χ3n) is 4.25. The van der Waals surface area contributed by atoms with E-state index in [2.05, 4.69) is 10.3 Å². The van der Waals surface area contributed by atoms with E-state index in [1.807, 2.05) is 30.0 Å². The highest BCUT2D eigenvalue weighted by atomic mass is 35.5. The normalized spacial score (nSPS) is 17.6. The van der Waals surface area contributed by atoms with Crippen molar-refractivity contribution in [1.29, 1.82) is 0 Å². The third kappa shape index (κ3) is 7.16. The van der Waals surface area contributed by atoms with E-state index in [1.54, 1.807) is 6.20 Å². The van der Waals surface area contributed by atoms with E-state index >= 15 is 0 Å². The quantitative estimate of drug-likeness (QED) is 0.728. The number of hydrogen-bond acceptors (Lipinski definition) is 4. The van der Waals surface area contributed by atoms with Crippen molar-refractivity contribution < 1.29 is 9.53 Å². The molecule has 0 aliphatic carbocycles. The molecule has 1 aliphatic heterocycles.